The molecule has 2 aromatic heterocycles. The molecule has 0 saturated heterocycles. The number of aromatic amines is 1. The minimum Gasteiger partial charge on any atom is -0.497 e. The lowest BCUT2D eigenvalue weighted by atomic mass is 10.2. The van der Waals surface area contributed by atoms with Gasteiger partial charge in [-0.25, -0.2) is 19.3 Å². The van der Waals surface area contributed by atoms with Crippen LogP contribution < -0.4 is 20.9 Å². The number of nitrogens with two attached hydrogens (primary N) is 1. The van der Waals surface area contributed by atoms with Gasteiger partial charge in [-0.3, -0.25) is 4.79 Å². The number of carbonyl (C=O) groups excluding carboxylic acids is 1. The minimum atomic E-state index is -0.805. The lowest BCUT2D eigenvalue weighted by Gasteiger charge is -2.11. The van der Waals surface area contributed by atoms with Crippen molar-refractivity contribution in [3.05, 3.63) is 63.7 Å². The van der Waals surface area contributed by atoms with Gasteiger partial charge in [0.05, 0.1) is 19.9 Å². The number of nitrogens with one attached hydrogen (secondary N) is 1. The molecule has 2 heterocycles. The van der Waals surface area contributed by atoms with E-state index in [1.807, 2.05) is 0 Å². The van der Waals surface area contributed by atoms with Gasteiger partial charge in [0, 0.05) is 16.7 Å². The van der Waals surface area contributed by atoms with E-state index in [1.165, 1.54) is 18.8 Å². The molecule has 3 N–H and O–H groups in total. The Labute approximate surface area is 175 Å². The number of hydrogen-bond acceptors (Lipinski definition) is 6. The van der Waals surface area contributed by atoms with Gasteiger partial charge in [-0.1, -0.05) is 23.7 Å². The fourth-order valence-corrected chi connectivity index (χ4v) is 3.30. The Balaban J connectivity index is 2.06. The first kappa shape index (κ1) is 19.5. The number of ether oxygens (including phenoxy) is 2. The van der Waals surface area contributed by atoms with Crippen molar-refractivity contribution >= 4 is 28.7 Å². The Morgan fingerprint density at radius 2 is 1.93 bits per heavy atom. The normalized spacial score (nSPS) is 10.9. The van der Waals surface area contributed by atoms with Crippen LogP contribution in [0.15, 0.2) is 47.3 Å². The number of rotatable bonds is 5. The van der Waals surface area contributed by atoms with Gasteiger partial charge in [-0.05, 0) is 24.3 Å². The first-order valence-electron chi connectivity index (χ1n) is 8.74. The van der Waals surface area contributed by atoms with Gasteiger partial charge >= 0.3 is 5.69 Å². The fraction of sp³-hybridized carbons (Fsp3) is 0.100. The Morgan fingerprint density at radius 3 is 2.60 bits per heavy atom. The highest BCUT2D eigenvalue weighted by Gasteiger charge is 2.22. The maximum atomic E-state index is 12.8. The fourth-order valence-electron chi connectivity index (χ4n) is 3.11. The quantitative estimate of drug-likeness (QED) is 0.506. The van der Waals surface area contributed by atoms with Crippen molar-refractivity contribution in [2.24, 2.45) is 5.73 Å². The largest absolute Gasteiger partial charge is 0.497 e. The van der Waals surface area contributed by atoms with Crippen molar-refractivity contribution in [3.63, 3.8) is 0 Å². The van der Waals surface area contributed by atoms with Crippen molar-refractivity contribution in [3.8, 4) is 28.6 Å². The van der Waals surface area contributed by atoms with Crippen LogP contribution in [0.1, 0.15) is 10.5 Å². The highest BCUT2D eigenvalue weighted by atomic mass is 35.5. The summed E-state index contributed by atoms with van der Waals surface area (Å²) in [5.74, 6) is 0.316. The molecule has 2 aromatic carbocycles. The lowest BCUT2D eigenvalue weighted by Crippen LogP contribution is -2.16. The number of imidazole rings is 1. The molecular weight excluding hydrogens is 410 g/mol. The molecule has 30 heavy (non-hydrogen) atoms. The van der Waals surface area contributed by atoms with Crippen molar-refractivity contribution in [2.45, 2.75) is 0 Å². The molecule has 0 atom stereocenters. The molecule has 0 fully saturated rings. The third-order valence-electron chi connectivity index (χ3n) is 4.48. The van der Waals surface area contributed by atoms with E-state index in [2.05, 4.69) is 15.0 Å². The van der Waals surface area contributed by atoms with E-state index >= 15 is 0 Å². The second kappa shape index (κ2) is 7.53. The van der Waals surface area contributed by atoms with E-state index in [9.17, 15) is 9.59 Å². The molecule has 4 rings (SSSR count). The molecule has 0 spiro atoms. The number of carbonyl (C=O) groups is 1. The van der Waals surface area contributed by atoms with E-state index in [0.29, 0.717) is 27.8 Å². The summed E-state index contributed by atoms with van der Waals surface area (Å²) in [6, 6.07) is 11.8. The maximum absolute atomic E-state index is 12.8. The molecular formula is C20H16ClN5O4. The summed E-state index contributed by atoms with van der Waals surface area (Å²) in [4.78, 5) is 36.3. The molecule has 0 saturated carbocycles. The number of hydrogen-bond donors (Lipinski definition) is 2. The van der Waals surface area contributed by atoms with Gasteiger partial charge in [0.15, 0.2) is 17.2 Å². The van der Waals surface area contributed by atoms with Crippen LogP contribution in [0.3, 0.4) is 0 Å². The summed E-state index contributed by atoms with van der Waals surface area (Å²) in [6.07, 6.45) is 0. The zero-order valence-electron chi connectivity index (χ0n) is 16.0. The van der Waals surface area contributed by atoms with Crippen molar-refractivity contribution < 1.29 is 14.3 Å². The minimum absolute atomic E-state index is 0.113. The van der Waals surface area contributed by atoms with Gasteiger partial charge in [0.2, 0.25) is 0 Å². The molecule has 0 aliphatic rings. The molecule has 4 aromatic rings. The molecule has 0 radical (unpaired) electrons. The van der Waals surface area contributed by atoms with E-state index in [0.717, 1.165) is 0 Å². The standard InChI is InChI=1S/C20H16ClN5O4/c1-29-12-6-7-13(14(9-12)30-2)26-19-16(24-20(26)28)15(17(22)27)23-18(25-19)10-4-3-5-11(21)8-10/h3-9H,1-2H3,(H2,22,27)(H,24,28). The number of amides is 1. The number of benzene rings is 2. The summed E-state index contributed by atoms with van der Waals surface area (Å²) in [5.41, 5.74) is 6.13. The highest BCUT2D eigenvalue weighted by Crippen LogP contribution is 2.30. The van der Waals surface area contributed by atoms with Crippen LogP contribution in [0.5, 0.6) is 11.5 Å². The maximum Gasteiger partial charge on any atom is 0.332 e. The number of primary amides is 1. The predicted octanol–water partition coefficient (Wildman–Crippen LogP) is 2.55. The number of H-pyrrole nitrogens is 1. The van der Waals surface area contributed by atoms with Crippen LogP contribution in [0.4, 0.5) is 0 Å². The average molecular weight is 426 g/mol. The second-order valence-corrected chi connectivity index (χ2v) is 6.71. The van der Waals surface area contributed by atoms with Crippen LogP contribution in [-0.4, -0.2) is 39.6 Å². The van der Waals surface area contributed by atoms with Gasteiger partial charge in [-0.2, -0.15) is 0 Å². The first-order chi connectivity index (χ1) is 14.4. The summed E-state index contributed by atoms with van der Waals surface area (Å²) >= 11 is 6.08. The molecule has 0 unspecified atom stereocenters. The van der Waals surface area contributed by atoms with E-state index < -0.39 is 11.6 Å². The molecule has 152 valence electrons. The molecule has 0 aliphatic carbocycles. The molecule has 10 heteroatoms. The number of aromatic nitrogens is 4. The predicted molar refractivity (Wildman–Crippen MR) is 112 cm³/mol. The number of nitrogens with zero attached hydrogens (tertiary/aromatic N) is 3. The second-order valence-electron chi connectivity index (χ2n) is 6.27. The van der Waals surface area contributed by atoms with Crippen LogP contribution in [0.25, 0.3) is 28.2 Å². The van der Waals surface area contributed by atoms with Gasteiger partial charge in [0.1, 0.15) is 17.0 Å². The van der Waals surface area contributed by atoms with Gasteiger partial charge < -0.3 is 20.2 Å². The van der Waals surface area contributed by atoms with E-state index in [-0.39, 0.29) is 22.7 Å². The average Bonchev–Trinajstić information content (AvgIpc) is 3.07. The third kappa shape index (κ3) is 3.25. The van der Waals surface area contributed by atoms with Crippen molar-refractivity contribution in [1.82, 2.24) is 19.5 Å². The molecule has 1 amide bonds. The van der Waals surface area contributed by atoms with Gasteiger partial charge in [-0.15, -0.1) is 0 Å². The molecule has 9 nitrogen and oxygen atoms in total. The topological polar surface area (TPSA) is 125 Å². The monoisotopic (exact) mass is 425 g/mol. The van der Waals surface area contributed by atoms with Crippen LogP contribution >= 0.6 is 11.6 Å². The van der Waals surface area contributed by atoms with Crippen molar-refractivity contribution in [1.29, 1.82) is 0 Å². The third-order valence-corrected chi connectivity index (χ3v) is 4.72. The highest BCUT2D eigenvalue weighted by molar-refractivity contribution is 6.30. The Kier molecular flexibility index (Phi) is 4.88. The zero-order chi connectivity index (χ0) is 21.4. The van der Waals surface area contributed by atoms with Crippen molar-refractivity contribution in [2.75, 3.05) is 14.2 Å². The zero-order valence-corrected chi connectivity index (χ0v) is 16.7. The summed E-state index contributed by atoms with van der Waals surface area (Å²) in [7, 11) is 3.00. The summed E-state index contributed by atoms with van der Waals surface area (Å²) in [6.45, 7) is 0. The smallest absolute Gasteiger partial charge is 0.332 e. The van der Waals surface area contributed by atoms with Crippen LogP contribution in [-0.2, 0) is 0 Å². The van der Waals surface area contributed by atoms with E-state index in [4.69, 9.17) is 26.8 Å². The lowest BCUT2D eigenvalue weighted by molar-refractivity contribution is 0.0997. The summed E-state index contributed by atoms with van der Waals surface area (Å²) < 4.78 is 11.9. The number of halogens is 1. The Morgan fingerprint density at radius 1 is 1.13 bits per heavy atom. The Hall–Kier alpha value is -3.85. The SMILES string of the molecule is COc1ccc(-n2c(=O)[nH]c3c(C(N)=O)nc(-c4cccc(Cl)c4)nc32)c(OC)c1. The number of fused-ring (bicyclic) bond motifs is 1. The summed E-state index contributed by atoms with van der Waals surface area (Å²) in [5, 5.41) is 0.472. The molecule has 0 bridgehead atoms. The van der Waals surface area contributed by atoms with Crippen LogP contribution in [0.2, 0.25) is 5.02 Å². The molecule has 0 aliphatic heterocycles. The van der Waals surface area contributed by atoms with Gasteiger partial charge in [0.25, 0.3) is 5.91 Å². The van der Waals surface area contributed by atoms with E-state index in [1.54, 1.807) is 42.5 Å². The number of methoxy groups -OCH3 is 2. The van der Waals surface area contributed by atoms with Crippen LogP contribution in [0, 0.1) is 0 Å². The first-order valence-corrected chi connectivity index (χ1v) is 9.11. The Bertz CT molecular complexity index is 1350.